The van der Waals surface area contributed by atoms with Gasteiger partial charge in [-0.3, -0.25) is 0 Å². The molecule has 11 heteroatoms. The number of anilines is 2. The van der Waals surface area contributed by atoms with Gasteiger partial charge in [0.15, 0.2) is 0 Å². The summed E-state index contributed by atoms with van der Waals surface area (Å²) in [6, 6.07) is 10.5. The van der Waals surface area contributed by atoms with Gasteiger partial charge in [-0.25, -0.2) is 9.59 Å². The van der Waals surface area contributed by atoms with Crippen LogP contribution in [0.3, 0.4) is 0 Å². The van der Waals surface area contributed by atoms with Crippen LogP contribution in [0.2, 0.25) is 0 Å². The van der Waals surface area contributed by atoms with E-state index in [0.29, 0.717) is 29.7 Å². The summed E-state index contributed by atoms with van der Waals surface area (Å²) in [5.41, 5.74) is 4.05. The minimum absolute atomic E-state index is 0.107. The Morgan fingerprint density at radius 2 is 1.89 bits per heavy atom. The lowest BCUT2D eigenvalue weighted by Gasteiger charge is -2.34. The van der Waals surface area contributed by atoms with Crippen molar-refractivity contribution in [1.82, 2.24) is 15.1 Å². The molecule has 1 aliphatic heterocycles. The third-order valence-corrected chi connectivity index (χ3v) is 7.04. The Bertz CT molecular complexity index is 1300. The zero-order valence-electron chi connectivity index (χ0n) is 19.6. The van der Waals surface area contributed by atoms with Gasteiger partial charge in [0.25, 0.3) is 0 Å². The highest BCUT2D eigenvalue weighted by Gasteiger charge is 2.41. The number of nitrogens with one attached hydrogen (secondary N) is 2. The Labute approximate surface area is 205 Å². The van der Waals surface area contributed by atoms with Gasteiger partial charge in [0.05, 0.1) is 36.5 Å². The molecule has 1 unspecified atom stereocenters. The number of carbonyl (C=O) groups excluding carboxylic acids is 2. The summed E-state index contributed by atoms with van der Waals surface area (Å²) >= 11 is 0. The molecule has 2 aromatic carbocycles. The van der Waals surface area contributed by atoms with E-state index in [2.05, 4.69) is 15.7 Å². The third-order valence-electron chi connectivity index (χ3n) is 7.04. The average molecular weight is 502 g/mol. The summed E-state index contributed by atoms with van der Waals surface area (Å²) in [5.74, 6) is -1.23. The highest BCUT2D eigenvalue weighted by atomic mass is 19.4. The van der Waals surface area contributed by atoms with Gasteiger partial charge in [-0.15, -0.1) is 0 Å². The van der Waals surface area contributed by atoms with Crippen LogP contribution in [0.25, 0.3) is 10.9 Å². The Balaban J connectivity index is 1.24. The zero-order valence-corrected chi connectivity index (χ0v) is 19.6. The largest absolute Gasteiger partial charge is 0.451 e. The Morgan fingerprint density at radius 3 is 2.61 bits per heavy atom. The van der Waals surface area contributed by atoms with Crippen LogP contribution in [0.4, 0.5) is 34.1 Å². The van der Waals surface area contributed by atoms with Crippen molar-refractivity contribution in [3.8, 4) is 0 Å². The molecular weight excluding hydrogens is 475 g/mol. The van der Waals surface area contributed by atoms with Crippen molar-refractivity contribution in [2.24, 2.45) is 5.92 Å². The SMILES string of the molecule is COC(=O)n1ncc2c(NC(=O)NC3CCc4cc(N5CCC(C(F)(F)F)CC5)ccc43)cccc21. The topological polar surface area (TPSA) is 88.5 Å². The lowest BCUT2D eigenvalue weighted by molar-refractivity contribution is -0.179. The van der Waals surface area contributed by atoms with E-state index in [4.69, 9.17) is 4.74 Å². The number of urea groups is 1. The van der Waals surface area contributed by atoms with Gasteiger partial charge in [-0.2, -0.15) is 23.0 Å². The Morgan fingerprint density at radius 1 is 1.11 bits per heavy atom. The van der Waals surface area contributed by atoms with Crippen molar-refractivity contribution >= 4 is 34.4 Å². The van der Waals surface area contributed by atoms with Gasteiger partial charge in [0, 0.05) is 24.2 Å². The van der Waals surface area contributed by atoms with Gasteiger partial charge in [-0.05, 0) is 61.1 Å². The van der Waals surface area contributed by atoms with Crippen LogP contribution in [0.15, 0.2) is 42.6 Å². The van der Waals surface area contributed by atoms with Crippen LogP contribution in [0.1, 0.15) is 36.4 Å². The fourth-order valence-corrected chi connectivity index (χ4v) is 5.12. The minimum atomic E-state index is -4.13. The molecule has 2 aliphatic rings. The molecule has 3 aromatic rings. The lowest BCUT2D eigenvalue weighted by atomic mass is 9.95. The Hall–Kier alpha value is -3.76. The van der Waals surface area contributed by atoms with Gasteiger partial charge in [0.1, 0.15) is 0 Å². The fourth-order valence-electron chi connectivity index (χ4n) is 5.12. The summed E-state index contributed by atoms with van der Waals surface area (Å²) in [7, 11) is 1.27. The van der Waals surface area contributed by atoms with Crippen molar-refractivity contribution < 1.29 is 27.5 Å². The summed E-state index contributed by atoms with van der Waals surface area (Å²) in [6.07, 6.45) is -1.55. The van der Waals surface area contributed by atoms with Crippen molar-refractivity contribution in [3.05, 3.63) is 53.7 Å². The number of aryl methyl sites for hydroxylation is 1. The predicted molar refractivity (Wildman–Crippen MR) is 128 cm³/mol. The number of ether oxygens (including phenoxy) is 1. The molecule has 190 valence electrons. The van der Waals surface area contributed by atoms with E-state index in [0.717, 1.165) is 34.3 Å². The first kappa shape index (κ1) is 24.0. The maximum absolute atomic E-state index is 13.0. The third kappa shape index (κ3) is 4.57. The first-order valence-corrected chi connectivity index (χ1v) is 11.8. The summed E-state index contributed by atoms with van der Waals surface area (Å²) in [4.78, 5) is 26.7. The minimum Gasteiger partial charge on any atom is -0.451 e. The quantitative estimate of drug-likeness (QED) is 0.513. The number of rotatable bonds is 3. The van der Waals surface area contributed by atoms with Crippen molar-refractivity contribution in [1.29, 1.82) is 0 Å². The predicted octanol–water partition coefficient (Wildman–Crippen LogP) is 5.24. The van der Waals surface area contributed by atoms with Crippen LogP contribution < -0.4 is 15.5 Å². The average Bonchev–Trinajstić information content (AvgIpc) is 3.48. The Kier molecular flexibility index (Phi) is 6.23. The molecule has 0 bridgehead atoms. The molecule has 36 heavy (non-hydrogen) atoms. The monoisotopic (exact) mass is 501 g/mol. The standard InChI is InChI=1S/C25H26F3N5O3/c1-36-24(35)33-22-4-2-3-20(19(22)14-29-33)30-23(34)31-21-8-5-15-13-17(6-7-18(15)21)32-11-9-16(10-12-32)25(26,27)28/h2-4,6-7,13-14,16,21H,5,8-12H2,1H3,(H2,30,31,34). The highest BCUT2D eigenvalue weighted by molar-refractivity contribution is 6.02. The van der Waals surface area contributed by atoms with Crippen molar-refractivity contribution in [2.45, 2.75) is 37.9 Å². The molecule has 1 saturated heterocycles. The number of nitrogens with zero attached hydrogens (tertiary/aromatic N) is 3. The normalized spacial score (nSPS) is 18.2. The molecule has 0 saturated carbocycles. The van der Waals surface area contributed by atoms with Crippen LogP contribution >= 0.6 is 0 Å². The number of benzene rings is 2. The maximum atomic E-state index is 13.0. The smallest absolute Gasteiger partial charge is 0.434 e. The number of methoxy groups -OCH3 is 1. The van der Waals surface area contributed by atoms with Crippen LogP contribution in [0.5, 0.6) is 0 Å². The molecule has 5 rings (SSSR count). The van der Waals surface area contributed by atoms with Crippen LogP contribution in [-0.2, 0) is 11.2 Å². The number of hydrogen-bond acceptors (Lipinski definition) is 5. The molecule has 8 nitrogen and oxygen atoms in total. The fraction of sp³-hybridized carbons (Fsp3) is 0.400. The first-order valence-electron chi connectivity index (χ1n) is 11.8. The molecule has 2 heterocycles. The van der Waals surface area contributed by atoms with E-state index in [1.54, 1.807) is 18.2 Å². The van der Waals surface area contributed by atoms with E-state index < -0.39 is 18.2 Å². The maximum Gasteiger partial charge on any atom is 0.434 e. The van der Waals surface area contributed by atoms with Crippen LogP contribution in [-0.4, -0.2) is 48.3 Å². The molecular formula is C25H26F3N5O3. The van der Waals surface area contributed by atoms with Crippen LogP contribution in [0, 0.1) is 5.92 Å². The van der Waals surface area contributed by atoms with Crippen molar-refractivity contribution in [3.63, 3.8) is 0 Å². The summed E-state index contributed by atoms with van der Waals surface area (Å²) in [5, 5.41) is 10.5. The molecule has 0 spiro atoms. The molecule has 1 aliphatic carbocycles. The van der Waals surface area contributed by atoms with Gasteiger partial charge >= 0.3 is 18.3 Å². The molecule has 1 fully saturated rings. The summed E-state index contributed by atoms with van der Waals surface area (Å²) in [6.45, 7) is 0.760. The number of hydrogen-bond donors (Lipinski definition) is 2. The van der Waals surface area contributed by atoms with E-state index >= 15 is 0 Å². The first-order chi connectivity index (χ1) is 17.2. The lowest BCUT2D eigenvalue weighted by Crippen LogP contribution is -2.39. The zero-order chi connectivity index (χ0) is 25.4. The van der Waals surface area contributed by atoms with Gasteiger partial charge in [0.2, 0.25) is 0 Å². The number of amides is 2. The van der Waals surface area contributed by atoms with Crippen molar-refractivity contribution in [2.75, 3.05) is 30.4 Å². The second kappa shape index (κ2) is 9.36. The molecule has 0 radical (unpaired) electrons. The van der Waals surface area contributed by atoms with E-state index in [9.17, 15) is 22.8 Å². The molecule has 1 aromatic heterocycles. The number of fused-ring (bicyclic) bond motifs is 2. The molecule has 2 N–H and O–H groups in total. The molecule has 1 atom stereocenters. The number of carbonyl (C=O) groups is 2. The summed E-state index contributed by atoms with van der Waals surface area (Å²) < 4.78 is 44.8. The number of halogens is 3. The molecule has 2 amide bonds. The van der Waals surface area contributed by atoms with Gasteiger partial charge in [-0.1, -0.05) is 12.1 Å². The van der Waals surface area contributed by atoms with E-state index in [1.165, 1.54) is 13.3 Å². The number of aromatic nitrogens is 2. The van der Waals surface area contributed by atoms with Gasteiger partial charge < -0.3 is 20.3 Å². The number of piperidine rings is 1. The second-order valence-corrected chi connectivity index (χ2v) is 9.14. The van der Waals surface area contributed by atoms with E-state index in [-0.39, 0.29) is 24.9 Å². The highest BCUT2D eigenvalue weighted by Crippen LogP contribution is 2.38. The second-order valence-electron chi connectivity index (χ2n) is 9.14. The number of alkyl halides is 3. The van der Waals surface area contributed by atoms with E-state index in [1.807, 2.05) is 23.1 Å².